The zero-order valence-electron chi connectivity index (χ0n) is 29.8. The number of hydrogen-bond acceptors (Lipinski definition) is 11. The quantitative estimate of drug-likeness (QED) is 0.152. The molecule has 2 spiro atoms. The summed E-state index contributed by atoms with van der Waals surface area (Å²) in [5.74, 6) is -0.874. The van der Waals surface area contributed by atoms with Gasteiger partial charge in [-0.1, -0.05) is 34.6 Å². The molecule has 5 N–H and O–H groups in total. The van der Waals surface area contributed by atoms with Crippen LogP contribution in [0.3, 0.4) is 0 Å². The average molecular weight is 679 g/mol. The third-order valence-electron chi connectivity index (χ3n) is 15.7. The number of hydrogen-bond donors (Lipinski definition) is 5. The first-order chi connectivity index (χ1) is 22.2. The summed E-state index contributed by atoms with van der Waals surface area (Å²) in [6.07, 6.45) is -3.10. The summed E-state index contributed by atoms with van der Waals surface area (Å²) in [5, 5.41) is 54.9. The van der Waals surface area contributed by atoms with Crippen LogP contribution in [0.15, 0.2) is 0 Å². The first-order valence-electron chi connectivity index (χ1n) is 18.3. The molecular formula is C37H58O11. The number of fused-ring (bicyclic) bond motifs is 2. The molecule has 0 aromatic rings. The molecule has 2 saturated heterocycles. The van der Waals surface area contributed by atoms with Gasteiger partial charge in [0.2, 0.25) is 0 Å². The molecule has 48 heavy (non-hydrogen) atoms. The van der Waals surface area contributed by atoms with Crippen molar-refractivity contribution in [3.8, 4) is 0 Å². The Morgan fingerprint density at radius 2 is 1.62 bits per heavy atom. The van der Waals surface area contributed by atoms with Gasteiger partial charge in [-0.15, -0.1) is 0 Å². The first kappa shape index (κ1) is 35.2. The van der Waals surface area contributed by atoms with Crippen LogP contribution < -0.4 is 0 Å². The number of ether oxygens (including phenoxy) is 4. The number of carbonyl (C=O) groups is 2. The van der Waals surface area contributed by atoms with Crippen molar-refractivity contribution < 1.29 is 54.1 Å². The minimum Gasteiger partial charge on any atom is -0.460 e. The molecule has 7 rings (SSSR count). The third kappa shape index (κ3) is 4.47. The number of rotatable bonds is 7. The molecule has 11 heteroatoms. The Morgan fingerprint density at radius 3 is 2.25 bits per heavy atom. The smallest absolute Gasteiger partial charge is 0.302 e. The number of Topliss-reactive ketones (excluding diaryl/α,β-unsaturated/α-hetero) is 1. The molecule has 7 aliphatic rings. The van der Waals surface area contributed by atoms with Gasteiger partial charge in [-0.05, 0) is 86.4 Å². The van der Waals surface area contributed by atoms with E-state index in [1.165, 1.54) is 6.92 Å². The lowest BCUT2D eigenvalue weighted by Crippen LogP contribution is -2.63. The van der Waals surface area contributed by atoms with Gasteiger partial charge >= 0.3 is 5.97 Å². The van der Waals surface area contributed by atoms with Crippen molar-refractivity contribution in [1.29, 1.82) is 0 Å². The molecule has 2 unspecified atom stereocenters. The lowest BCUT2D eigenvalue weighted by Gasteiger charge is -2.64. The molecule has 5 aliphatic carbocycles. The molecule has 17 atom stereocenters. The highest BCUT2D eigenvalue weighted by molar-refractivity contribution is 5.90. The van der Waals surface area contributed by atoms with Crippen molar-refractivity contribution >= 4 is 11.8 Å². The lowest BCUT2D eigenvalue weighted by molar-refractivity contribution is -0.309. The van der Waals surface area contributed by atoms with Crippen LogP contribution in [0.2, 0.25) is 0 Å². The van der Waals surface area contributed by atoms with E-state index >= 15 is 0 Å². The summed E-state index contributed by atoms with van der Waals surface area (Å²) in [6.45, 7) is 15.9. The molecule has 0 aromatic carbocycles. The highest BCUT2D eigenvalue weighted by Crippen LogP contribution is 2.88. The van der Waals surface area contributed by atoms with Crippen LogP contribution in [-0.2, 0) is 28.5 Å². The summed E-state index contributed by atoms with van der Waals surface area (Å²) in [5.41, 5.74) is -2.52. The summed E-state index contributed by atoms with van der Waals surface area (Å²) in [4.78, 5) is 26.3. The zero-order valence-corrected chi connectivity index (χ0v) is 29.8. The van der Waals surface area contributed by atoms with Crippen molar-refractivity contribution in [1.82, 2.24) is 0 Å². The summed E-state index contributed by atoms with van der Waals surface area (Å²) < 4.78 is 23.6. The number of aliphatic hydroxyl groups is 5. The van der Waals surface area contributed by atoms with Crippen molar-refractivity contribution in [2.24, 2.45) is 50.7 Å². The normalized spacial score (nSPS) is 54.2. The largest absolute Gasteiger partial charge is 0.460 e. The first-order valence-corrected chi connectivity index (χ1v) is 18.3. The third-order valence-corrected chi connectivity index (χ3v) is 15.7. The van der Waals surface area contributed by atoms with E-state index < -0.39 is 71.2 Å². The Balaban J connectivity index is 1.14. The summed E-state index contributed by atoms with van der Waals surface area (Å²) >= 11 is 0. The van der Waals surface area contributed by atoms with Gasteiger partial charge in [-0.2, -0.15) is 0 Å². The number of epoxide rings is 1. The van der Waals surface area contributed by atoms with E-state index in [-0.39, 0.29) is 58.6 Å². The van der Waals surface area contributed by atoms with Gasteiger partial charge in [-0.25, -0.2) is 0 Å². The van der Waals surface area contributed by atoms with Crippen LogP contribution in [0, 0.1) is 50.7 Å². The van der Waals surface area contributed by atoms with Gasteiger partial charge in [0.05, 0.1) is 24.4 Å². The predicted molar refractivity (Wildman–Crippen MR) is 171 cm³/mol. The average Bonchev–Trinajstić information content (AvgIpc) is 3.86. The summed E-state index contributed by atoms with van der Waals surface area (Å²) in [6, 6.07) is 0. The number of aliphatic hydroxyl groups excluding tert-OH is 5. The molecule has 0 aromatic heterocycles. The van der Waals surface area contributed by atoms with Gasteiger partial charge in [0.25, 0.3) is 0 Å². The van der Waals surface area contributed by atoms with E-state index in [1.807, 2.05) is 13.8 Å². The van der Waals surface area contributed by atoms with E-state index in [0.717, 1.165) is 32.1 Å². The second-order valence-electron chi connectivity index (χ2n) is 18.5. The van der Waals surface area contributed by atoms with Crippen LogP contribution in [0.25, 0.3) is 0 Å². The highest BCUT2D eigenvalue weighted by atomic mass is 16.7. The molecule has 272 valence electrons. The fraction of sp³-hybridized carbons (Fsp3) is 0.946. The van der Waals surface area contributed by atoms with E-state index in [0.29, 0.717) is 12.8 Å². The van der Waals surface area contributed by atoms with E-state index in [1.54, 1.807) is 0 Å². The maximum Gasteiger partial charge on any atom is 0.302 e. The maximum absolute atomic E-state index is 14.3. The van der Waals surface area contributed by atoms with Gasteiger partial charge < -0.3 is 44.5 Å². The second kappa shape index (κ2) is 10.9. The zero-order chi connectivity index (χ0) is 35.1. The Bertz CT molecular complexity index is 1330. The minimum absolute atomic E-state index is 0.0502. The predicted octanol–water partition coefficient (Wildman–Crippen LogP) is 2.51. The monoisotopic (exact) mass is 678 g/mol. The van der Waals surface area contributed by atoms with Crippen molar-refractivity contribution in [2.75, 3.05) is 6.61 Å². The molecule has 0 bridgehead atoms. The van der Waals surface area contributed by atoms with Crippen LogP contribution in [0.4, 0.5) is 0 Å². The van der Waals surface area contributed by atoms with Gasteiger partial charge in [0.15, 0.2) is 12.1 Å². The molecule has 0 radical (unpaired) electrons. The van der Waals surface area contributed by atoms with E-state index in [2.05, 4.69) is 34.6 Å². The van der Waals surface area contributed by atoms with Crippen LogP contribution in [0.1, 0.15) is 100 Å². The van der Waals surface area contributed by atoms with Crippen molar-refractivity contribution in [2.45, 2.75) is 161 Å². The fourth-order valence-corrected chi connectivity index (χ4v) is 13.2. The highest BCUT2D eigenvalue weighted by Gasteiger charge is 2.86. The maximum atomic E-state index is 14.3. The SMILES string of the molecule is CC(=O)O[C@H](C[C@@H](C)[C@H]1C(=O)[C@H](O)[C@@]2(C)C3CCC4C(C)(C)[C@@H](O[C@@H]5OC[C@@H](O)[C@H](O)[C@H]5O)C[C@H](O)[C@@]45C[C@@]35CC[C@]12C)[C@@H]1OC1(C)C. The molecule has 5 saturated carbocycles. The Kier molecular flexibility index (Phi) is 8.01. The van der Waals surface area contributed by atoms with Gasteiger partial charge in [0, 0.05) is 30.1 Å². The molecule has 0 amide bonds. The van der Waals surface area contributed by atoms with Crippen LogP contribution in [0.5, 0.6) is 0 Å². The topological polar surface area (TPSA) is 176 Å². The van der Waals surface area contributed by atoms with Crippen LogP contribution >= 0.6 is 0 Å². The molecule has 2 heterocycles. The van der Waals surface area contributed by atoms with Crippen molar-refractivity contribution in [3.63, 3.8) is 0 Å². The molecule has 2 aliphatic heterocycles. The second-order valence-corrected chi connectivity index (χ2v) is 18.5. The number of carbonyl (C=O) groups excluding carboxylic acids is 2. The summed E-state index contributed by atoms with van der Waals surface area (Å²) in [7, 11) is 0. The molecule has 11 nitrogen and oxygen atoms in total. The lowest BCUT2D eigenvalue weighted by atomic mass is 9.41. The Morgan fingerprint density at radius 1 is 0.979 bits per heavy atom. The van der Waals surface area contributed by atoms with E-state index in [4.69, 9.17) is 18.9 Å². The molecule has 7 fully saturated rings. The minimum atomic E-state index is -1.40. The van der Waals surface area contributed by atoms with E-state index in [9.17, 15) is 35.1 Å². The Hall–Kier alpha value is -1.18. The van der Waals surface area contributed by atoms with Crippen LogP contribution in [-0.4, -0.2) is 105 Å². The van der Waals surface area contributed by atoms with Gasteiger partial charge in [0.1, 0.15) is 36.6 Å². The fourth-order valence-electron chi connectivity index (χ4n) is 13.2. The van der Waals surface area contributed by atoms with Gasteiger partial charge in [-0.3, -0.25) is 9.59 Å². The Labute approximate surface area is 284 Å². The molecular weight excluding hydrogens is 620 g/mol. The van der Waals surface area contributed by atoms with Crippen molar-refractivity contribution in [3.05, 3.63) is 0 Å². The number of ketones is 1. The number of esters is 1. The standard InChI is InChI=1S/C37H58O11/c1-17(13-20(46-18(2)38)30-33(5,6)48-30)25-27(42)29(44)35(8)22-10-9-21-32(3,4)24(47-31-28(43)26(41)19(39)15-45-31)14-23(40)37(21)16-36(22,37)12-11-34(25,35)7/h17,19-26,28-31,39-41,43-44H,9-16H2,1-8H3/t17-,19-,20-,21?,22?,23+,24+,25+,26+,28-,29+,30+,31+,34-,35-,36+,37-/m1/s1.